The maximum absolute atomic E-state index is 11.1. The van der Waals surface area contributed by atoms with Crippen molar-refractivity contribution in [2.75, 3.05) is 0 Å². The van der Waals surface area contributed by atoms with Crippen LogP contribution in [-0.4, -0.2) is 15.9 Å². The van der Waals surface area contributed by atoms with E-state index in [2.05, 4.69) is 5.09 Å². The van der Waals surface area contributed by atoms with Gasteiger partial charge in [0.1, 0.15) is 5.75 Å². The van der Waals surface area contributed by atoms with Crippen molar-refractivity contribution in [2.24, 2.45) is 0 Å². The highest BCUT2D eigenvalue weighted by molar-refractivity contribution is 7.49. The summed E-state index contributed by atoms with van der Waals surface area (Å²) in [4.78, 5) is 18.1. The van der Waals surface area contributed by atoms with Crippen molar-refractivity contribution in [1.29, 1.82) is 0 Å². The molecular formula is C16H20NO5P. The Labute approximate surface area is 134 Å². The first-order chi connectivity index (χ1) is 10.7. The Hall–Kier alpha value is -2.01. The normalized spacial score (nSPS) is 13.0. The monoisotopic (exact) mass is 337 g/mol. The quantitative estimate of drug-likeness (QED) is 0.552. The van der Waals surface area contributed by atoms with Gasteiger partial charge in [0.05, 0.1) is 11.8 Å². The molecule has 23 heavy (non-hydrogen) atoms. The molecule has 6 nitrogen and oxygen atoms in total. The molecule has 3 N–H and O–H groups in total. The molecule has 0 radical (unpaired) electrons. The smallest absolute Gasteiger partial charge is 0.427 e. The standard InChI is InChI=1S/C16H20NO5P/c1-11(2)21-16(12(3)17-23(18,19)20)22-15-9-8-13-6-4-5-7-14(13)10-15/h4-11H,1-3H3,(H3,17,18,19,20). The van der Waals surface area contributed by atoms with Crippen molar-refractivity contribution in [3.8, 4) is 5.75 Å². The average Bonchev–Trinajstić information content (AvgIpc) is 2.44. The lowest BCUT2D eigenvalue weighted by Crippen LogP contribution is -2.16. The summed E-state index contributed by atoms with van der Waals surface area (Å²) in [5.74, 6) is 0.546. The minimum absolute atomic E-state index is 0.0265. The molecule has 0 aromatic heterocycles. The molecule has 0 fully saturated rings. The SMILES string of the molecule is CC(NP(=O)(O)O)=C(Oc1ccc2ccccc2c1)OC(C)C. The number of allylic oxidation sites excluding steroid dienone is 1. The van der Waals surface area contributed by atoms with Crippen LogP contribution in [0.2, 0.25) is 0 Å². The molecule has 2 rings (SSSR count). The third-order valence-electron chi connectivity index (χ3n) is 2.89. The van der Waals surface area contributed by atoms with Crippen LogP contribution < -0.4 is 9.82 Å². The lowest BCUT2D eigenvalue weighted by Gasteiger charge is -2.18. The molecule has 0 saturated carbocycles. The molecule has 2 aromatic carbocycles. The molecule has 0 heterocycles. The maximum atomic E-state index is 11.1. The van der Waals surface area contributed by atoms with E-state index in [1.54, 1.807) is 19.9 Å². The first-order valence-corrected chi connectivity index (χ1v) is 8.74. The summed E-state index contributed by atoms with van der Waals surface area (Å²) in [7, 11) is -4.43. The van der Waals surface area contributed by atoms with Crippen LogP contribution in [0.4, 0.5) is 0 Å². The van der Waals surface area contributed by atoms with E-state index in [1.165, 1.54) is 6.92 Å². The summed E-state index contributed by atoms with van der Waals surface area (Å²) in [6.45, 7) is 5.08. The minimum Gasteiger partial charge on any atom is -0.461 e. The number of nitrogens with one attached hydrogen (secondary N) is 1. The van der Waals surface area contributed by atoms with Crippen molar-refractivity contribution in [2.45, 2.75) is 26.9 Å². The molecule has 0 saturated heterocycles. The Balaban J connectivity index is 2.32. The van der Waals surface area contributed by atoms with Crippen LogP contribution in [0.1, 0.15) is 20.8 Å². The summed E-state index contributed by atoms with van der Waals surface area (Å²) < 4.78 is 22.3. The zero-order valence-corrected chi connectivity index (χ0v) is 14.1. The van der Waals surface area contributed by atoms with Gasteiger partial charge in [0.2, 0.25) is 0 Å². The van der Waals surface area contributed by atoms with Crippen LogP contribution in [0.25, 0.3) is 10.8 Å². The van der Waals surface area contributed by atoms with E-state index in [4.69, 9.17) is 19.3 Å². The second-order valence-electron chi connectivity index (χ2n) is 5.35. The van der Waals surface area contributed by atoms with Gasteiger partial charge < -0.3 is 19.3 Å². The summed E-state index contributed by atoms with van der Waals surface area (Å²) in [6.07, 6.45) is -0.209. The maximum Gasteiger partial charge on any atom is 0.427 e. The van der Waals surface area contributed by atoms with Crippen LogP contribution in [0.5, 0.6) is 5.75 Å². The number of rotatable bonds is 6. The number of hydrogen-bond donors (Lipinski definition) is 3. The van der Waals surface area contributed by atoms with Gasteiger partial charge in [0, 0.05) is 0 Å². The highest BCUT2D eigenvalue weighted by Gasteiger charge is 2.18. The van der Waals surface area contributed by atoms with E-state index >= 15 is 0 Å². The van der Waals surface area contributed by atoms with Gasteiger partial charge >= 0.3 is 13.7 Å². The van der Waals surface area contributed by atoms with Crippen molar-refractivity contribution in [1.82, 2.24) is 5.09 Å². The summed E-state index contributed by atoms with van der Waals surface area (Å²) in [5, 5.41) is 4.14. The Kier molecular flexibility index (Phi) is 5.31. The van der Waals surface area contributed by atoms with E-state index in [-0.39, 0.29) is 17.7 Å². The van der Waals surface area contributed by atoms with Crippen LogP contribution in [0.15, 0.2) is 54.1 Å². The Morgan fingerprint density at radius 1 is 1.13 bits per heavy atom. The molecule has 7 heteroatoms. The predicted molar refractivity (Wildman–Crippen MR) is 88.7 cm³/mol. The average molecular weight is 337 g/mol. The Bertz CT molecular complexity index is 766. The van der Waals surface area contributed by atoms with Gasteiger partial charge in [-0.25, -0.2) is 4.57 Å². The zero-order valence-electron chi connectivity index (χ0n) is 13.2. The van der Waals surface area contributed by atoms with Gasteiger partial charge in [-0.3, -0.25) is 5.09 Å². The van der Waals surface area contributed by atoms with Crippen LogP contribution in [0.3, 0.4) is 0 Å². The molecule has 0 amide bonds. The Morgan fingerprint density at radius 3 is 2.39 bits per heavy atom. The molecular weight excluding hydrogens is 317 g/mol. The molecule has 0 spiro atoms. The number of benzene rings is 2. The predicted octanol–water partition coefficient (Wildman–Crippen LogP) is 3.51. The van der Waals surface area contributed by atoms with Crippen molar-refractivity contribution < 1.29 is 23.8 Å². The van der Waals surface area contributed by atoms with E-state index in [0.29, 0.717) is 5.75 Å². The van der Waals surface area contributed by atoms with Gasteiger partial charge in [-0.15, -0.1) is 0 Å². The molecule has 0 unspecified atom stereocenters. The van der Waals surface area contributed by atoms with E-state index in [0.717, 1.165) is 10.8 Å². The third kappa shape index (κ3) is 5.28. The highest BCUT2D eigenvalue weighted by Crippen LogP contribution is 2.31. The van der Waals surface area contributed by atoms with Gasteiger partial charge in [-0.2, -0.15) is 0 Å². The molecule has 124 valence electrons. The lowest BCUT2D eigenvalue weighted by molar-refractivity contribution is 0.0586. The van der Waals surface area contributed by atoms with Crippen molar-refractivity contribution in [3.05, 3.63) is 54.1 Å². The summed E-state index contributed by atoms with van der Waals surface area (Å²) in [6, 6.07) is 13.3. The number of ether oxygens (including phenoxy) is 2. The van der Waals surface area contributed by atoms with Crippen molar-refractivity contribution in [3.63, 3.8) is 0 Å². The molecule has 0 aliphatic heterocycles. The van der Waals surface area contributed by atoms with Gasteiger partial charge in [0.15, 0.2) is 0 Å². The molecule has 0 bridgehead atoms. The number of fused-ring (bicyclic) bond motifs is 1. The fourth-order valence-electron chi connectivity index (χ4n) is 2.01. The molecule has 0 atom stereocenters. The fraction of sp³-hybridized carbons (Fsp3) is 0.250. The second-order valence-corrected chi connectivity index (χ2v) is 6.66. The number of hydrogen-bond acceptors (Lipinski definition) is 3. The molecule has 0 aliphatic rings. The third-order valence-corrected chi connectivity index (χ3v) is 3.52. The van der Waals surface area contributed by atoms with Crippen LogP contribution in [-0.2, 0) is 9.30 Å². The highest BCUT2D eigenvalue weighted by atomic mass is 31.2. The largest absolute Gasteiger partial charge is 0.461 e. The van der Waals surface area contributed by atoms with E-state index in [9.17, 15) is 4.57 Å². The minimum atomic E-state index is -4.43. The summed E-state index contributed by atoms with van der Waals surface area (Å²) >= 11 is 0. The second kappa shape index (κ2) is 7.04. The Morgan fingerprint density at radius 2 is 1.78 bits per heavy atom. The lowest BCUT2D eigenvalue weighted by atomic mass is 10.1. The van der Waals surface area contributed by atoms with Crippen molar-refractivity contribution >= 4 is 18.5 Å². The molecule has 0 aliphatic carbocycles. The topological polar surface area (TPSA) is 88.0 Å². The van der Waals surface area contributed by atoms with E-state index < -0.39 is 7.75 Å². The van der Waals surface area contributed by atoms with Crippen LogP contribution in [0, 0.1) is 0 Å². The van der Waals surface area contributed by atoms with Gasteiger partial charge in [-0.1, -0.05) is 30.3 Å². The first-order valence-electron chi connectivity index (χ1n) is 7.12. The van der Waals surface area contributed by atoms with Gasteiger partial charge in [-0.05, 0) is 43.7 Å². The summed E-state index contributed by atoms with van der Waals surface area (Å²) in [5.41, 5.74) is 0.125. The van der Waals surface area contributed by atoms with Crippen LogP contribution >= 0.6 is 7.75 Å². The van der Waals surface area contributed by atoms with E-state index in [1.807, 2.05) is 36.4 Å². The molecule has 2 aromatic rings. The first kappa shape index (κ1) is 17.3. The fourth-order valence-corrected chi connectivity index (χ4v) is 2.53. The van der Waals surface area contributed by atoms with Gasteiger partial charge in [0.25, 0.3) is 0 Å². The zero-order chi connectivity index (χ0) is 17.0.